The highest BCUT2D eigenvalue weighted by Gasteiger charge is 2.01. The van der Waals surface area contributed by atoms with Crippen molar-refractivity contribution < 1.29 is 5.32 Å². The second kappa shape index (κ2) is 3.90. The van der Waals surface area contributed by atoms with Crippen molar-refractivity contribution in [3.63, 3.8) is 0 Å². The summed E-state index contributed by atoms with van der Waals surface area (Å²) in [6.07, 6.45) is 1.28. The predicted octanol–water partition coefficient (Wildman–Crippen LogP) is 0.757. The Morgan fingerprint density at radius 2 is 1.75 bits per heavy atom. The maximum absolute atomic E-state index is 2.39. The summed E-state index contributed by atoms with van der Waals surface area (Å²) >= 11 is 0. The summed E-state index contributed by atoms with van der Waals surface area (Å²) in [5.41, 5.74) is 0. The predicted molar refractivity (Wildman–Crippen MR) is 36.8 cm³/mol. The van der Waals surface area contributed by atoms with Crippen LogP contribution in [0, 0.1) is 0 Å². The molecule has 0 aromatic heterocycles. The van der Waals surface area contributed by atoms with Gasteiger partial charge in [0, 0.05) is 0 Å². The lowest BCUT2D eigenvalue weighted by Gasteiger charge is -2.09. The fraction of sp³-hybridized carbons (Fsp3) is 1.00. The standard InChI is InChI=1S/C7H17N/c1-5-7(4)8-6(2)3/h6-8H,5H2,1-4H3/p+1. The largest absolute Gasteiger partial charge is 0.342 e. The topological polar surface area (TPSA) is 16.6 Å². The highest BCUT2D eigenvalue weighted by Crippen LogP contribution is 1.79. The van der Waals surface area contributed by atoms with Gasteiger partial charge in [0.2, 0.25) is 0 Å². The van der Waals surface area contributed by atoms with Crippen LogP contribution in [0.3, 0.4) is 0 Å². The monoisotopic (exact) mass is 116 g/mol. The van der Waals surface area contributed by atoms with E-state index in [1.54, 1.807) is 0 Å². The van der Waals surface area contributed by atoms with E-state index in [1.165, 1.54) is 6.42 Å². The van der Waals surface area contributed by atoms with Crippen LogP contribution in [0.1, 0.15) is 34.1 Å². The van der Waals surface area contributed by atoms with Gasteiger partial charge in [0.1, 0.15) is 0 Å². The molecule has 0 aliphatic carbocycles. The smallest absolute Gasteiger partial charge is 0.0829 e. The third-order valence-corrected chi connectivity index (χ3v) is 1.36. The van der Waals surface area contributed by atoms with Gasteiger partial charge in [-0.15, -0.1) is 0 Å². The van der Waals surface area contributed by atoms with Gasteiger partial charge in [-0.3, -0.25) is 0 Å². The van der Waals surface area contributed by atoms with E-state index in [-0.39, 0.29) is 0 Å². The number of rotatable bonds is 3. The van der Waals surface area contributed by atoms with Gasteiger partial charge in [-0.2, -0.15) is 0 Å². The second-order valence-electron chi connectivity index (χ2n) is 2.82. The summed E-state index contributed by atoms with van der Waals surface area (Å²) in [5, 5.41) is 2.39. The zero-order valence-electron chi connectivity index (χ0n) is 6.44. The Bertz CT molecular complexity index is 50.3. The highest BCUT2D eigenvalue weighted by atomic mass is 14.9. The van der Waals surface area contributed by atoms with Crippen molar-refractivity contribution >= 4 is 0 Å². The molecule has 0 fully saturated rings. The summed E-state index contributed by atoms with van der Waals surface area (Å²) in [6, 6.07) is 1.56. The van der Waals surface area contributed by atoms with Crippen molar-refractivity contribution in [2.45, 2.75) is 46.2 Å². The van der Waals surface area contributed by atoms with Crippen molar-refractivity contribution in [2.24, 2.45) is 0 Å². The third-order valence-electron chi connectivity index (χ3n) is 1.36. The van der Waals surface area contributed by atoms with Crippen molar-refractivity contribution in [3.05, 3.63) is 0 Å². The molecule has 1 nitrogen and oxygen atoms in total. The zero-order valence-corrected chi connectivity index (χ0v) is 6.44. The van der Waals surface area contributed by atoms with E-state index in [2.05, 4.69) is 33.0 Å². The van der Waals surface area contributed by atoms with Crippen LogP contribution in [-0.2, 0) is 0 Å². The van der Waals surface area contributed by atoms with Crippen LogP contribution < -0.4 is 5.32 Å². The summed E-state index contributed by atoms with van der Waals surface area (Å²) in [6.45, 7) is 8.95. The second-order valence-corrected chi connectivity index (χ2v) is 2.82. The lowest BCUT2D eigenvalue weighted by molar-refractivity contribution is -0.712. The molecule has 1 atom stereocenters. The molecule has 0 bridgehead atoms. The molecule has 0 aromatic rings. The molecule has 0 rings (SSSR count). The van der Waals surface area contributed by atoms with Gasteiger partial charge in [0.15, 0.2) is 0 Å². The summed E-state index contributed by atoms with van der Waals surface area (Å²) in [4.78, 5) is 0. The first-order valence-electron chi connectivity index (χ1n) is 3.51. The fourth-order valence-electron chi connectivity index (χ4n) is 0.793. The molecule has 8 heavy (non-hydrogen) atoms. The summed E-state index contributed by atoms with van der Waals surface area (Å²) in [7, 11) is 0. The summed E-state index contributed by atoms with van der Waals surface area (Å²) in [5.74, 6) is 0. The van der Waals surface area contributed by atoms with Crippen molar-refractivity contribution in [1.29, 1.82) is 0 Å². The van der Waals surface area contributed by atoms with E-state index in [9.17, 15) is 0 Å². The Morgan fingerprint density at radius 3 is 1.88 bits per heavy atom. The average Bonchev–Trinajstić information content (AvgIpc) is 1.65. The van der Waals surface area contributed by atoms with E-state index >= 15 is 0 Å². The maximum Gasteiger partial charge on any atom is 0.0829 e. The first-order valence-corrected chi connectivity index (χ1v) is 3.51. The molecule has 0 saturated heterocycles. The Morgan fingerprint density at radius 1 is 1.25 bits per heavy atom. The number of hydrogen-bond donors (Lipinski definition) is 1. The minimum Gasteiger partial charge on any atom is -0.342 e. The van der Waals surface area contributed by atoms with E-state index in [1.807, 2.05) is 0 Å². The van der Waals surface area contributed by atoms with Crippen LogP contribution in [0.4, 0.5) is 0 Å². The first-order chi connectivity index (χ1) is 3.66. The molecule has 0 saturated carbocycles. The van der Waals surface area contributed by atoms with E-state index in [4.69, 9.17) is 0 Å². The molecule has 0 heterocycles. The first kappa shape index (κ1) is 7.96. The zero-order chi connectivity index (χ0) is 6.57. The molecular formula is C7H18N+. The summed E-state index contributed by atoms with van der Waals surface area (Å²) < 4.78 is 0. The van der Waals surface area contributed by atoms with Gasteiger partial charge in [-0.05, 0) is 27.2 Å². The van der Waals surface area contributed by atoms with Gasteiger partial charge in [0.25, 0.3) is 0 Å². The molecule has 0 radical (unpaired) electrons. The van der Waals surface area contributed by atoms with Crippen molar-refractivity contribution in [1.82, 2.24) is 0 Å². The molecule has 1 heteroatoms. The molecule has 1 unspecified atom stereocenters. The lowest BCUT2D eigenvalue weighted by atomic mass is 10.2. The number of quaternary nitrogens is 1. The Balaban J connectivity index is 3.10. The molecule has 0 aromatic carbocycles. The molecule has 0 aliphatic heterocycles. The molecule has 50 valence electrons. The normalized spacial score (nSPS) is 14.6. The third kappa shape index (κ3) is 4.13. The van der Waals surface area contributed by atoms with Crippen LogP contribution in [0.15, 0.2) is 0 Å². The number of hydrogen-bond acceptors (Lipinski definition) is 0. The van der Waals surface area contributed by atoms with Gasteiger partial charge in [-0.25, -0.2) is 0 Å². The van der Waals surface area contributed by atoms with Crippen molar-refractivity contribution in [3.8, 4) is 0 Å². The van der Waals surface area contributed by atoms with Crippen LogP contribution in [0.2, 0.25) is 0 Å². The van der Waals surface area contributed by atoms with E-state index in [0.717, 1.165) is 12.1 Å². The Labute approximate surface area is 52.5 Å². The van der Waals surface area contributed by atoms with Crippen LogP contribution in [0.25, 0.3) is 0 Å². The molecule has 2 N–H and O–H groups in total. The fourth-order valence-corrected chi connectivity index (χ4v) is 0.793. The van der Waals surface area contributed by atoms with Crippen LogP contribution in [0.5, 0.6) is 0 Å². The maximum atomic E-state index is 2.39. The van der Waals surface area contributed by atoms with Crippen LogP contribution in [-0.4, -0.2) is 12.1 Å². The molecule has 0 amide bonds. The van der Waals surface area contributed by atoms with Gasteiger partial charge in [-0.1, -0.05) is 6.92 Å². The van der Waals surface area contributed by atoms with Gasteiger partial charge < -0.3 is 5.32 Å². The lowest BCUT2D eigenvalue weighted by Crippen LogP contribution is -2.92. The number of nitrogens with two attached hydrogens (primary N) is 1. The SMILES string of the molecule is CCC(C)[NH2+]C(C)C. The highest BCUT2D eigenvalue weighted by molar-refractivity contribution is 4.38. The van der Waals surface area contributed by atoms with Gasteiger partial charge in [0.05, 0.1) is 12.1 Å². The minimum absolute atomic E-state index is 0.755. The Hall–Kier alpha value is -0.0400. The molecule has 0 aliphatic rings. The minimum atomic E-state index is 0.755. The Kier molecular flexibility index (Phi) is 3.88. The molecule has 0 spiro atoms. The van der Waals surface area contributed by atoms with Crippen LogP contribution >= 0.6 is 0 Å². The molecular weight excluding hydrogens is 98.1 g/mol. The van der Waals surface area contributed by atoms with E-state index < -0.39 is 0 Å². The average molecular weight is 116 g/mol. The quantitative estimate of drug-likeness (QED) is 0.560. The van der Waals surface area contributed by atoms with Gasteiger partial charge >= 0.3 is 0 Å². The van der Waals surface area contributed by atoms with E-state index in [0.29, 0.717) is 0 Å². The van der Waals surface area contributed by atoms with Crippen molar-refractivity contribution in [2.75, 3.05) is 0 Å².